The van der Waals surface area contributed by atoms with Crippen molar-refractivity contribution < 1.29 is 18.0 Å². The summed E-state index contributed by atoms with van der Waals surface area (Å²) in [7, 11) is -2.89. The summed E-state index contributed by atoms with van der Waals surface area (Å²) in [6, 6.07) is 20.9. The van der Waals surface area contributed by atoms with Crippen LogP contribution in [-0.2, 0) is 21.2 Å². The van der Waals surface area contributed by atoms with E-state index in [0.717, 1.165) is 27.9 Å². The van der Waals surface area contributed by atoms with E-state index >= 15 is 0 Å². The maximum atomic E-state index is 12.8. The molecule has 38 heavy (non-hydrogen) atoms. The number of nitrogens with zero attached hydrogens (tertiary/aromatic N) is 1. The number of carbonyl (C=O) groups is 2. The molecule has 1 aliphatic rings. The molecule has 1 fully saturated rings. The van der Waals surface area contributed by atoms with Crippen LogP contribution in [0, 0.1) is 12.3 Å². The lowest BCUT2D eigenvalue weighted by atomic mass is 9.95. The predicted molar refractivity (Wildman–Crippen MR) is 153 cm³/mol. The summed E-state index contributed by atoms with van der Waals surface area (Å²) in [4.78, 5) is 27.4. The Labute approximate surface area is 225 Å². The Kier molecular flexibility index (Phi) is 8.04. The molecule has 3 aromatic carbocycles. The van der Waals surface area contributed by atoms with Crippen LogP contribution in [0.2, 0.25) is 0 Å². The number of hydrogen-bond donors (Lipinski definition) is 2. The van der Waals surface area contributed by atoms with Gasteiger partial charge in [-0.15, -0.1) is 0 Å². The summed E-state index contributed by atoms with van der Waals surface area (Å²) in [5.74, 6) is 0.167. The van der Waals surface area contributed by atoms with Crippen molar-refractivity contribution in [2.75, 3.05) is 35.2 Å². The van der Waals surface area contributed by atoms with Gasteiger partial charge in [0.1, 0.15) is 0 Å². The summed E-state index contributed by atoms with van der Waals surface area (Å²) in [6.45, 7) is 9.43. The molecule has 0 saturated carbocycles. The van der Waals surface area contributed by atoms with Crippen molar-refractivity contribution in [2.24, 2.45) is 5.41 Å². The first kappa shape index (κ1) is 27.5. The van der Waals surface area contributed by atoms with Crippen LogP contribution in [0.4, 0.5) is 11.4 Å². The Morgan fingerprint density at radius 2 is 1.45 bits per heavy atom. The highest BCUT2D eigenvalue weighted by atomic mass is 32.2. The van der Waals surface area contributed by atoms with Crippen molar-refractivity contribution in [1.82, 2.24) is 4.90 Å². The number of sulfone groups is 1. The van der Waals surface area contributed by atoms with Crippen molar-refractivity contribution >= 4 is 33.0 Å². The van der Waals surface area contributed by atoms with E-state index in [2.05, 4.69) is 15.5 Å². The highest BCUT2D eigenvalue weighted by Gasteiger charge is 2.22. The Hall–Kier alpha value is -3.49. The quantitative estimate of drug-likeness (QED) is 0.458. The van der Waals surface area contributed by atoms with E-state index in [0.29, 0.717) is 30.9 Å². The van der Waals surface area contributed by atoms with Gasteiger partial charge in [-0.05, 0) is 65.6 Å². The Morgan fingerprint density at radius 1 is 0.842 bits per heavy atom. The lowest BCUT2D eigenvalue weighted by Gasteiger charge is -2.26. The van der Waals surface area contributed by atoms with Gasteiger partial charge >= 0.3 is 0 Å². The van der Waals surface area contributed by atoms with E-state index in [9.17, 15) is 18.0 Å². The van der Waals surface area contributed by atoms with Crippen LogP contribution in [0.25, 0.3) is 11.1 Å². The minimum absolute atomic E-state index is 0.0469. The second-order valence-electron chi connectivity index (χ2n) is 10.9. The summed E-state index contributed by atoms with van der Waals surface area (Å²) in [5.41, 5.74) is 5.58. The molecule has 2 amide bonds. The van der Waals surface area contributed by atoms with E-state index in [-0.39, 0.29) is 23.3 Å². The fraction of sp³-hybridized carbons (Fsp3) is 0.333. The zero-order valence-electron chi connectivity index (χ0n) is 22.4. The van der Waals surface area contributed by atoms with Gasteiger partial charge in [-0.25, -0.2) is 8.42 Å². The van der Waals surface area contributed by atoms with Crippen LogP contribution in [0.15, 0.2) is 66.7 Å². The molecule has 2 N–H and O–H groups in total. The molecule has 0 aliphatic carbocycles. The molecule has 1 aliphatic heterocycles. The van der Waals surface area contributed by atoms with Gasteiger partial charge in [-0.3, -0.25) is 14.5 Å². The largest absolute Gasteiger partial charge is 0.326 e. The molecule has 3 aromatic rings. The van der Waals surface area contributed by atoms with E-state index in [4.69, 9.17) is 0 Å². The molecule has 0 atom stereocenters. The summed E-state index contributed by atoms with van der Waals surface area (Å²) >= 11 is 0. The topological polar surface area (TPSA) is 95.6 Å². The minimum Gasteiger partial charge on any atom is -0.326 e. The monoisotopic (exact) mass is 533 g/mol. The number of anilines is 2. The molecule has 4 rings (SSSR count). The summed E-state index contributed by atoms with van der Waals surface area (Å²) < 4.78 is 23.2. The van der Waals surface area contributed by atoms with Crippen molar-refractivity contribution in [3.8, 4) is 11.1 Å². The predicted octanol–water partition coefficient (Wildman–Crippen LogP) is 5.13. The average molecular weight is 534 g/mol. The number of amides is 2. The van der Waals surface area contributed by atoms with Gasteiger partial charge in [-0.2, -0.15) is 0 Å². The minimum atomic E-state index is -2.89. The molecule has 200 valence electrons. The third kappa shape index (κ3) is 7.08. The molecule has 7 nitrogen and oxygen atoms in total. The fourth-order valence-corrected chi connectivity index (χ4v) is 5.47. The molecular formula is C30H35N3O4S. The number of carbonyl (C=O) groups excluding carboxylic acids is 2. The summed E-state index contributed by atoms with van der Waals surface area (Å²) in [6.07, 6.45) is 0. The van der Waals surface area contributed by atoms with Crippen LogP contribution in [-0.4, -0.2) is 49.7 Å². The van der Waals surface area contributed by atoms with E-state index in [1.165, 1.54) is 0 Å². The average Bonchev–Trinajstić information content (AvgIpc) is 2.87. The van der Waals surface area contributed by atoms with Gasteiger partial charge in [0.05, 0.1) is 11.5 Å². The Morgan fingerprint density at radius 3 is 2.05 bits per heavy atom. The Bertz CT molecular complexity index is 1410. The first-order chi connectivity index (χ1) is 17.9. The number of rotatable bonds is 6. The van der Waals surface area contributed by atoms with E-state index in [1.807, 2.05) is 82.3 Å². The molecule has 0 radical (unpaired) electrons. The second-order valence-corrected chi connectivity index (χ2v) is 13.2. The van der Waals surface area contributed by atoms with Crippen LogP contribution < -0.4 is 10.6 Å². The van der Waals surface area contributed by atoms with Crippen molar-refractivity contribution in [3.05, 3.63) is 83.4 Å². The molecule has 0 unspecified atom stereocenters. The highest BCUT2D eigenvalue weighted by Crippen LogP contribution is 2.28. The fourth-order valence-electron chi connectivity index (χ4n) is 4.19. The van der Waals surface area contributed by atoms with E-state index < -0.39 is 15.3 Å². The molecule has 1 saturated heterocycles. The van der Waals surface area contributed by atoms with Gasteiger partial charge in [0, 0.05) is 42.0 Å². The van der Waals surface area contributed by atoms with Gasteiger partial charge in [0.2, 0.25) is 5.91 Å². The maximum Gasteiger partial charge on any atom is 0.255 e. The molecular weight excluding hydrogens is 498 g/mol. The van der Waals surface area contributed by atoms with Crippen LogP contribution in [0.5, 0.6) is 0 Å². The number of nitrogens with one attached hydrogen (secondary N) is 2. The zero-order chi connectivity index (χ0) is 27.5. The lowest BCUT2D eigenvalue weighted by Crippen LogP contribution is -2.39. The molecule has 0 spiro atoms. The van der Waals surface area contributed by atoms with Gasteiger partial charge < -0.3 is 10.6 Å². The summed E-state index contributed by atoms with van der Waals surface area (Å²) in [5, 5.41) is 5.91. The van der Waals surface area contributed by atoms with Crippen LogP contribution in [0.3, 0.4) is 0 Å². The number of aryl methyl sites for hydroxylation is 1. The Balaban J connectivity index is 1.38. The third-order valence-electron chi connectivity index (χ3n) is 6.69. The van der Waals surface area contributed by atoms with Crippen molar-refractivity contribution in [1.29, 1.82) is 0 Å². The third-order valence-corrected chi connectivity index (χ3v) is 8.30. The van der Waals surface area contributed by atoms with Crippen molar-refractivity contribution in [3.63, 3.8) is 0 Å². The van der Waals surface area contributed by atoms with Gasteiger partial charge in [0.25, 0.3) is 5.91 Å². The lowest BCUT2D eigenvalue weighted by molar-refractivity contribution is -0.123. The second kappa shape index (κ2) is 11.1. The van der Waals surface area contributed by atoms with Gasteiger partial charge in [-0.1, -0.05) is 51.1 Å². The first-order valence-electron chi connectivity index (χ1n) is 12.8. The molecule has 1 heterocycles. The number of hydrogen-bond acceptors (Lipinski definition) is 5. The SMILES string of the molecule is Cc1ccc(NC(=O)C(C)(C)C)cc1-c1ccc(C(=O)Nc2ccc(CN3CCS(=O)(=O)CC3)cc2)cc1. The van der Waals surface area contributed by atoms with Crippen molar-refractivity contribution in [2.45, 2.75) is 34.2 Å². The van der Waals surface area contributed by atoms with E-state index in [1.54, 1.807) is 12.1 Å². The first-order valence-corrected chi connectivity index (χ1v) is 14.6. The molecule has 0 bridgehead atoms. The number of benzene rings is 3. The standard InChI is InChI=1S/C30H35N3O4S/c1-21-5-12-26(32-29(35)30(2,3)4)19-27(21)23-8-10-24(11-9-23)28(34)31-25-13-6-22(7-14-25)20-33-15-17-38(36,37)18-16-33/h5-14,19H,15-18,20H2,1-4H3,(H,31,34)(H,32,35). The zero-order valence-corrected chi connectivity index (χ0v) is 23.2. The van der Waals surface area contributed by atoms with Crippen LogP contribution in [0.1, 0.15) is 42.3 Å². The normalized spacial score (nSPS) is 15.6. The molecule has 8 heteroatoms. The maximum absolute atomic E-state index is 12.8. The molecule has 0 aromatic heterocycles. The highest BCUT2D eigenvalue weighted by molar-refractivity contribution is 7.91. The van der Waals surface area contributed by atoms with Gasteiger partial charge in [0.15, 0.2) is 9.84 Å². The smallest absolute Gasteiger partial charge is 0.255 e. The van der Waals surface area contributed by atoms with Crippen LogP contribution >= 0.6 is 0 Å².